The fraction of sp³-hybridized carbons (Fsp3) is 0.294. The maximum absolute atomic E-state index is 12.6. The second kappa shape index (κ2) is 6.31. The zero-order chi connectivity index (χ0) is 15.0. The molecule has 1 aliphatic rings. The monoisotopic (exact) mass is 327 g/mol. The molecule has 22 heavy (non-hydrogen) atoms. The number of alkyl halides is 3. The van der Waals surface area contributed by atoms with Crippen molar-refractivity contribution < 1.29 is 13.2 Å². The third-order valence-corrected chi connectivity index (χ3v) is 4.09. The van der Waals surface area contributed by atoms with Crippen molar-refractivity contribution in [3.63, 3.8) is 0 Å². The molecule has 0 amide bonds. The van der Waals surface area contributed by atoms with Crippen molar-refractivity contribution in [2.45, 2.75) is 18.5 Å². The van der Waals surface area contributed by atoms with E-state index in [2.05, 4.69) is 12.1 Å². The van der Waals surface area contributed by atoms with Crippen molar-refractivity contribution in [1.29, 1.82) is 0 Å². The van der Waals surface area contributed by atoms with Crippen LogP contribution in [0.25, 0.3) is 11.1 Å². The van der Waals surface area contributed by atoms with Gasteiger partial charge in [0.15, 0.2) is 0 Å². The number of nitrogens with two attached hydrogens (primary N) is 1. The van der Waals surface area contributed by atoms with Gasteiger partial charge >= 0.3 is 6.18 Å². The lowest BCUT2D eigenvalue weighted by atomic mass is 9.99. The lowest BCUT2D eigenvalue weighted by Gasteiger charge is -2.09. The van der Waals surface area contributed by atoms with Crippen molar-refractivity contribution in [2.24, 2.45) is 11.7 Å². The Kier molecular flexibility index (Phi) is 4.83. The number of benzene rings is 2. The minimum atomic E-state index is -4.29. The zero-order valence-electron chi connectivity index (χ0n) is 11.8. The first-order valence-corrected chi connectivity index (χ1v) is 6.96. The van der Waals surface area contributed by atoms with Gasteiger partial charge in [-0.15, -0.1) is 12.4 Å². The maximum Gasteiger partial charge on any atom is 0.416 e. The summed E-state index contributed by atoms with van der Waals surface area (Å²) in [5.74, 6) is 1.05. The molecule has 118 valence electrons. The van der Waals surface area contributed by atoms with E-state index in [0.29, 0.717) is 18.4 Å². The summed E-state index contributed by atoms with van der Waals surface area (Å²) in [7, 11) is 0. The van der Waals surface area contributed by atoms with Crippen LogP contribution in [-0.2, 0) is 6.18 Å². The average Bonchev–Trinajstić information content (AvgIpc) is 3.26. The second-order valence-corrected chi connectivity index (χ2v) is 5.54. The van der Waals surface area contributed by atoms with E-state index >= 15 is 0 Å². The first-order chi connectivity index (χ1) is 9.99. The Bertz CT molecular complexity index is 637. The van der Waals surface area contributed by atoms with Crippen molar-refractivity contribution in [2.75, 3.05) is 6.54 Å². The standard InChI is InChI=1S/C17H16F3N.ClH/c18-17(19,20)15-6-4-11(5-7-15)12-2-1-3-13(8-12)16-9-14(16)10-21;/h1-8,14,16H,9-10,21H2;1H. The van der Waals surface area contributed by atoms with Crippen molar-refractivity contribution in [3.8, 4) is 11.1 Å². The number of halogens is 4. The molecule has 1 saturated carbocycles. The Morgan fingerprint density at radius 1 is 1.00 bits per heavy atom. The highest BCUT2D eigenvalue weighted by Crippen LogP contribution is 2.47. The number of rotatable bonds is 3. The van der Waals surface area contributed by atoms with Crippen LogP contribution in [0.15, 0.2) is 48.5 Å². The van der Waals surface area contributed by atoms with E-state index in [4.69, 9.17) is 5.73 Å². The SMILES string of the molecule is Cl.NCC1CC1c1cccc(-c2ccc(C(F)(F)F)cc2)c1. The molecule has 0 bridgehead atoms. The molecule has 2 aromatic rings. The largest absolute Gasteiger partial charge is 0.416 e. The van der Waals surface area contributed by atoms with E-state index in [0.717, 1.165) is 29.7 Å². The Morgan fingerprint density at radius 2 is 1.68 bits per heavy atom. The minimum Gasteiger partial charge on any atom is -0.330 e. The molecule has 0 aromatic heterocycles. The Morgan fingerprint density at radius 3 is 2.23 bits per heavy atom. The van der Waals surface area contributed by atoms with Crippen molar-refractivity contribution in [3.05, 3.63) is 59.7 Å². The van der Waals surface area contributed by atoms with Crippen LogP contribution in [0.4, 0.5) is 13.2 Å². The molecule has 1 aliphatic carbocycles. The van der Waals surface area contributed by atoms with Crippen LogP contribution >= 0.6 is 12.4 Å². The van der Waals surface area contributed by atoms with Gasteiger partial charge in [-0.05, 0) is 53.6 Å². The van der Waals surface area contributed by atoms with Gasteiger partial charge in [0.1, 0.15) is 0 Å². The van der Waals surface area contributed by atoms with Gasteiger partial charge in [-0.3, -0.25) is 0 Å². The summed E-state index contributed by atoms with van der Waals surface area (Å²) in [5.41, 5.74) is 8.02. The molecule has 2 unspecified atom stereocenters. The summed E-state index contributed by atoms with van der Waals surface area (Å²) in [6.45, 7) is 0.690. The van der Waals surface area contributed by atoms with Crippen LogP contribution in [0.5, 0.6) is 0 Å². The molecule has 0 aliphatic heterocycles. The van der Waals surface area contributed by atoms with Gasteiger partial charge in [-0.1, -0.05) is 36.4 Å². The minimum absolute atomic E-state index is 0. The van der Waals surface area contributed by atoms with Crippen LogP contribution in [0.2, 0.25) is 0 Å². The molecule has 1 fully saturated rings. The molecule has 0 spiro atoms. The summed E-state index contributed by atoms with van der Waals surface area (Å²) >= 11 is 0. The molecule has 2 N–H and O–H groups in total. The van der Waals surface area contributed by atoms with Gasteiger partial charge in [0.2, 0.25) is 0 Å². The van der Waals surface area contributed by atoms with E-state index in [1.807, 2.05) is 12.1 Å². The lowest BCUT2D eigenvalue weighted by molar-refractivity contribution is -0.137. The molecule has 0 saturated heterocycles. The van der Waals surface area contributed by atoms with E-state index in [-0.39, 0.29) is 12.4 Å². The van der Waals surface area contributed by atoms with Crippen LogP contribution in [0, 0.1) is 5.92 Å². The molecule has 0 radical (unpaired) electrons. The molecule has 1 nitrogen and oxygen atoms in total. The molecule has 2 aromatic carbocycles. The summed E-state index contributed by atoms with van der Waals surface area (Å²) in [4.78, 5) is 0. The smallest absolute Gasteiger partial charge is 0.330 e. The predicted molar refractivity (Wildman–Crippen MR) is 84.0 cm³/mol. The van der Waals surface area contributed by atoms with Crippen LogP contribution < -0.4 is 5.73 Å². The molecule has 3 rings (SSSR count). The van der Waals surface area contributed by atoms with E-state index in [1.165, 1.54) is 17.7 Å². The fourth-order valence-electron chi connectivity index (χ4n) is 2.72. The van der Waals surface area contributed by atoms with Gasteiger partial charge in [0.05, 0.1) is 5.56 Å². The predicted octanol–water partition coefficient (Wildman–Crippen LogP) is 4.86. The molecule has 0 heterocycles. The Labute approximate surface area is 133 Å². The van der Waals surface area contributed by atoms with Crippen LogP contribution in [0.3, 0.4) is 0 Å². The summed E-state index contributed by atoms with van der Waals surface area (Å²) in [6, 6.07) is 13.3. The Balaban J connectivity index is 0.00000176. The maximum atomic E-state index is 12.6. The van der Waals surface area contributed by atoms with Gasteiger partial charge < -0.3 is 5.73 Å². The third-order valence-electron chi connectivity index (χ3n) is 4.09. The van der Waals surface area contributed by atoms with Crippen molar-refractivity contribution in [1.82, 2.24) is 0 Å². The molecular formula is C17H17ClF3N. The van der Waals surface area contributed by atoms with E-state index in [9.17, 15) is 13.2 Å². The normalized spacial score (nSPS) is 20.4. The topological polar surface area (TPSA) is 26.0 Å². The number of hydrogen-bond acceptors (Lipinski definition) is 1. The Hall–Kier alpha value is -1.52. The lowest BCUT2D eigenvalue weighted by Crippen LogP contribution is -2.04. The summed E-state index contributed by atoms with van der Waals surface area (Å²) in [6.07, 6.45) is -3.18. The second-order valence-electron chi connectivity index (χ2n) is 5.54. The first kappa shape index (κ1) is 16.8. The zero-order valence-corrected chi connectivity index (χ0v) is 12.6. The molecule has 2 atom stereocenters. The van der Waals surface area contributed by atoms with Gasteiger partial charge in [-0.25, -0.2) is 0 Å². The van der Waals surface area contributed by atoms with Crippen LogP contribution in [-0.4, -0.2) is 6.54 Å². The fourth-order valence-corrected chi connectivity index (χ4v) is 2.72. The number of hydrogen-bond donors (Lipinski definition) is 1. The van der Waals surface area contributed by atoms with Crippen molar-refractivity contribution >= 4 is 12.4 Å². The highest BCUT2D eigenvalue weighted by molar-refractivity contribution is 5.85. The van der Waals surface area contributed by atoms with Crippen LogP contribution in [0.1, 0.15) is 23.5 Å². The highest BCUT2D eigenvalue weighted by atomic mass is 35.5. The summed E-state index contributed by atoms with van der Waals surface area (Å²) < 4.78 is 37.7. The summed E-state index contributed by atoms with van der Waals surface area (Å²) in [5, 5.41) is 0. The average molecular weight is 328 g/mol. The van der Waals surface area contributed by atoms with Gasteiger partial charge in [-0.2, -0.15) is 13.2 Å². The quantitative estimate of drug-likeness (QED) is 0.856. The van der Waals surface area contributed by atoms with E-state index in [1.54, 1.807) is 0 Å². The first-order valence-electron chi connectivity index (χ1n) is 6.96. The van der Waals surface area contributed by atoms with Gasteiger partial charge in [0.25, 0.3) is 0 Å². The third kappa shape index (κ3) is 3.45. The molecular weight excluding hydrogens is 311 g/mol. The van der Waals surface area contributed by atoms with E-state index < -0.39 is 11.7 Å². The highest BCUT2D eigenvalue weighted by Gasteiger charge is 2.36. The van der Waals surface area contributed by atoms with Gasteiger partial charge in [0, 0.05) is 0 Å². The molecule has 5 heteroatoms.